The van der Waals surface area contributed by atoms with Crippen LogP contribution in [0.4, 0.5) is 0 Å². The molecule has 3 aliphatic heterocycles. The number of fused-ring (bicyclic) bond motifs is 5. The molecule has 16 heavy (non-hydrogen) atoms. The first-order valence-electron chi connectivity index (χ1n) is 5.19. The van der Waals surface area contributed by atoms with Crippen molar-refractivity contribution < 1.29 is 19.2 Å². The lowest BCUT2D eigenvalue weighted by molar-refractivity contribution is -0.188. The van der Waals surface area contributed by atoms with E-state index in [1.165, 1.54) is 6.08 Å². The lowest BCUT2D eigenvalue weighted by atomic mass is 9.85. The van der Waals surface area contributed by atoms with Gasteiger partial charge in [-0.05, 0) is 0 Å². The Morgan fingerprint density at radius 3 is 2.38 bits per heavy atom. The highest BCUT2D eigenvalue weighted by Gasteiger charge is 2.61. The normalized spacial score (nSPS) is 39.6. The van der Waals surface area contributed by atoms with Crippen molar-refractivity contribution in [3.8, 4) is 0 Å². The topological polar surface area (TPSA) is 55.8 Å². The van der Waals surface area contributed by atoms with Gasteiger partial charge in [0.05, 0.1) is 30.7 Å². The van der Waals surface area contributed by atoms with E-state index in [1.54, 1.807) is 0 Å². The highest BCUT2D eigenvalue weighted by molar-refractivity contribution is 6.05. The van der Waals surface area contributed by atoms with Crippen LogP contribution in [0.15, 0.2) is 24.8 Å². The SMILES string of the molecule is C=CCON1C(=O)[C@@H]2[C@@H](C1=O)[C@H]1C=C[C@H]2O1. The number of hydroxylamine groups is 2. The molecule has 0 aromatic rings. The van der Waals surface area contributed by atoms with Gasteiger partial charge in [-0.25, -0.2) is 0 Å². The van der Waals surface area contributed by atoms with E-state index in [0.29, 0.717) is 0 Å². The summed E-state index contributed by atoms with van der Waals surface area (Å²) >= 11 is 0. The standard InChI is InChI=1S/C11H11NO4/c1-2-5-15-12-10(13)8-6-3-4-7(16-6)9(8)11(12)14/h2-4,6-9H,1,5H2/t6-,7-,8+,9+/m1/s1. The van der Waals surface area contributed by atoms with Crippen LogP contribution < -0.4 is 0 Å². The number of imide groups is 1. The summed E-state index contributed by atoms with van der Waals surface area (Å²) in [5.74, 6) is -1.39. The molecule has 0 saturated carbocycles. The number of carbonyl (C=O) groups excluding carboxylic acids is 2. The Kier molecular flexibility index (Phi) is 1.99. The Balaban J connectivity index is 1.86. The van der Waals surface area contributed by atoms with Gasteiger partial charge in [0.1, 0.15) is 0 Å². The molecule has 4 atom stereocenters. The predicted octanol–water partition coefficient (Wildman–Crippen LogP) is 0.0424. The molecule has 0 N–H and O–H groups in total. The van der Waals surface area contributed by atoms with Gasteiger partial charge in [0.25, 0.3) is 11.8 Å². The van der Waals surface area contributed by atoms with Crippen LogP contribution in [0, 0.1) is 11.8 Å². The molecular weight excluding hydrogens is 210 g/mol. The van der Waals surface area contributed by atoms with Crippen LogP contribution in [0.3, 0.4) is 0 Å². The highest BCUT2D eigenvalue weighted by atomic mass is 16.7. The second-order valence-corrected chi connectivity index (χ2v) is 4.06. The van der Waals surface area contributed by atoms with E-state index in [-0.39, 0.29) is 30.6 Å². The van der Waals surface area contributed by atoms with Crippen molar-refractivity contribution in [3.05, 3.63) is 24.8 Å². The molecule has 5 nitrogen and oxygen atoms in total. The molecule has 0 aromatic heterocycles. The number of hydrogen-bond acceptors (Lipinski definition) is 4. The van der Waals surface area contributed by atoms with Crippen LogP contribution in [0.1, 0.15) is 0 Å². The molecule has 2 bridgehead atoms. The third kappa shape index (κ3) is 1.07. The Morgan fingerprint density at radius 2 is 1.88 bits per heavy atom. The van der Waals surface area contributed by atoms with Gasteiger partial charge in [-0.2, -0.15) is 5.06 Å². The van der Waals surface area contributed by atoms with E-state index < -0.39 is 11.8 Å². The molecule has 3 heterocycles. The van der Waals surface area contributed by atoms with Gasteiger partial charge in [0.2, 0.25) is 0 Å². The van der Waals surface area contributed by atoms with Crippen molar-refractivity contribution in [2.24, 2.45) is 11.8 Å². The minimum absolute atomic E-state index is 0.153. The Hall–Kier alpha value is -1.46. The zero-order valence-corrected chi connectivity index (χ0v) is 8.54. The van der Waals surface area contributed by atoms with Crippen molar-refractivity contribution in [1.29, 1.82) is 0 Å². The number of hydrogen-bond donors (Lipinski definition) is 0. The quantitative estimate of drug-likeness (QED) is 0.499. The van der Waals surface area contributed by atoms with E-state index >= 15 is 0 Å². The van der Waals surface area contributed by atoms with Crippen LogP contribution >= 0.6 is 0 Å². The second kappa shape index (κ2) is 3.26. The van der Waals surface area contributed by atoms with E-state index in [1.807, 2.05) is 12.2 Å². The van der Waals surface area contributed by atoms with E-state index in [4.69, 9.17) is 9.57 Å². The van der Waals surface area contributed by atoms with Crippen LogP contribution in [-0.2, 0) is 19.2 Å². The summed E-state index contributed by atoms with van der Waals surface area (Å²) in [7, 11) is 0. The maximum absolute atomic E-state index is 11.9. The third-order valence-corrected chi connectivity index (χ3v) is 3.19. The van der Waals surface area contributed by atoms with Crippen molar-refractivity contribution in [2.75, 3.05) is 6.61 Å². The molecule has 2 fully saturated rings. The average molecular weight is 221 g/mol. The summed E-state index contributed by atoms with van der Waals surface area (Å²) < 4.78 is 5.48. The molecule has 84 valence electrons. The predicted molar refractivity (Wildman–Crippen MR) is 52.8 cm³/mol. The minimum atomic E-state index is -0.396. The van der Waals surface area contributed by atoms with Crippen LogP contribution in [0.5, 0.6) is 0 Å². The summed E-state index contributed by atoms with van der Waals surface area (Å²) in [6.45, 7) is 3.63. The average Bonchev–Trinajstić information content (AvgIpc) is 2.92. The number of carbonyl (C=O) groups is 2. The lowest BCUT2D eigenvalue weighted by Crippen LogP contribution is -2.34. The van der Waals surface area contributed by atoms with Gasteiger partial charge >= 0.3 is 0 Å². The molecule has 3 aliphatic rings. The highest BCUT2D eigenvalue weighted by Crippen LogP contribution is 2.44. The minimum Gasteiger partial charge on any atom is -0.365 e. The molecule has 5 heteroatoms. The molecule has 0 radical (unpaired) electrons. The largest absolute Gasteiger partial charge is 0.365 e. The Morgan fingerprint density at radius 1 is 1.31 bits per heavy atom. The monoisotopic (exact) mass is 221 g/mol. The first-order valence-corrected chi connectivity index (χ1v) is 5.19. The molecule has 2 amide bonds. The summed E-state index contributed by atoms with van der Waals surface area (Å²) in [6.07, 6.45) is 4.66. The summed E-state index contributed by atoms with van der Waals surface area (Å²) in [5.41, 5.74) is 0. The fourth-order valence-corrected chi connectivity index (χ4v) is 2.53. The summed E-state index contributed by atoms with van der Waals surface area (Å²) in [6, 6.07) is 0. The van der Waals surface area contributed by atoms with Gasteiger partial charge in [0.15, 0.2) is 0 Å². The van der Waals surface area contributed by atoms with E-state index in [0.717, 1.165) is 5.06 Å². The van der Waals surface area contributed by atoms with Gasteiger partial charge in [-0.3, -0.25) is 14.4 Å². The Labute approximate surface area is 92.3 Å². The second-order valence-electron chi connectivity index (χ2n) is 4.06. The van der Waals surface area contributed by atoms with Gasteiger partial charge in [-0.15, -0.1) is 6.58 Å². The maximum Gasteiger partial charge on any atom is 0.260 e. The molecule has 0 unspecified atom stereocenters. The zero-order valence-electron chi connectivity index (χ0n) is 8.54. The van der Waals surface area contributed by atoms with Crippen molar-refractivity contribution >= 4 is 11.8 Å². The van der Waals surface area contributed by atoms with E-state index in [2.05, 4.69) is 6.58 Å². The van der Waals surface area contributed by atoms with Crippen molar-refractivity contribution in [3.63, 3.8) is 0 Å². The first-order chi connectivity index (χ1) is 7.74. The molecule has 0 spiro atoms. The smallest absolute Gasteiger partial charge is 0.260 e. The zero-order chi connectivity index (χ0) is 11.3. The molecule has 3 rings (SSSR count). The summed E-state index contributed by atoms with van der Waals surface area (Å²) in [4.78, 5) is 28.9. The Bertz CT molecular complexity index is 373. The van der Waals surface area contributed by atoms with E-state index in [9.17, 15) is 9.59 Å². The number of ether oxygens (including phenoxy) is 1. The van der Waals surface area contributed by atoms with Gasteiger partial charge < -0.3 is 4.74 Å². The van der Waals surface area contributed by atoms with Gasteiger partial charge in [-0.1, -0.05) is 18.2 Å². The van der Waals surface area contributed by atoms with Crippen molar-refractivity contribution in [2.45, 2.75) is 12.2 Å². The third-order valence-electron chi connectivity index (χ3n) is 3.19. The van der Waals surface area contributed by atoms with Crippen LogP contribution in [0.25, 0.3) is 0 Å². The first kappa shape index (κ1) is 9.74. The number of amides is 2. The molecule has 0 aromatic carbocycles. The number of nitrogens with zero attached hydrogens (tertiary/aromatic N) is 1. The molecule has 2 saturated heterocycles. The van der Waals surface area contributed by atoms with Gasteiger partial charge in [0, 0.05) is 0 Å². The van der Waals surface area contributed by atoms with Crippen LogP contribution in [0.2, 0.25) is 0 Å². The van der Waals surface area contributed by atoms with Crippen LogP contribution in [-0.4, -0.2) is 35.7 Å². The summed E-state index contributed by atoms with van der Waals surface area (Å²) in [5, 5.41) is 0.868. The molecular formula is C11H11NO4. The number of rotatable bonds is 3. The fraction of sp³-hybridized carbons (Fsp3) is 0.455. The lowest BCUT2D eigenvalue weighted by Gasteiger charge is -2.15. The maximum atomic E-state index is 11.9. The van der Waals surface area contributed by atoms with Crippen molar-refractivity contribution in [1.82, 2.24) is 5.06 Å². The fourth-order valence-electron chi connectivity index (χ4n) is 2.53. The molecule has 0 aliphatic carbocycles.